The largest absolute Gasteiger partial charge is 0.467 e. The molecule has 0 saturated heterocycles. The summed E-state index contributed by atoms with van der Waals surface area (Å²) in [5.74, 6) is 1.77. The standard InChI is InChI=1S/C16H20N4O3S/c1-4-9-24-16-18-15-17-10(3)12(14(21)22-5-2)13(20(15)19-16)11-7-6-8-23-11/h6-8,13H,4-5,9H2,1-3H3,(H,17,18,19). The van der Waals surface area contributed by atoms with Gasteiger partial charge in [-0.3, -0.25) is 0 Å². The second-order valence-electron chi connectivity index (χ2n) is 5.31. The van der Waals surface area contributed by atoms with Gasteiger partial charge in [-0.25, -0.2) is 9.48 Å². The first-order chi connectivity index (χ1) is 11.7. The molecule has 2 aromatic heterocycles. The Morgan fingerprint density at radius 2 is 2.33 bits per heavy atom. The molecule has 0 saturated carbocycles. The quantitative estimate of drug-likeness (QED) is 0.634. The van der Waals surface area contributed by atoms with Gasteiger partial charge in [-0.15, -0.1) is 5.10 Å². The van der Waals surface area contributed by atoms with Gasteiger partial charge in [0.2, 0.25) is 11.1 Å². The molecule has 0 bridgehead atoms. The number of hydrogen-bond acceptors (Lipinski definition) is 7. The lowest BCUT2D eigenvalue weighted by Gasteiger charge is -2.26. The number of nitrogens with one attached hydrogen (secondary N) is 1. The van der Waals surface area contributed by atoms with Crippen molar-refractivity contribution < 1.29 is 13.9 Å². The van der Waals surface area contributed by atoms with E-state index in [2.05, 4.69) is 22.3 Å². The fraction of sp³-hybridized carbons (Fsp3) is 0.438. The Hall–Kier alpha value is -2.22. The van der Waals surface area contributed by atoms with Crippen molar-refractivity contribution in [2.24, 2.45) is 0 Å². The molecule has 0 spiro atoms. The van der Waals surface area contributed by atoms with Gasteiger partial charge in [-0.1, -0.05) is 18.7 Å². The lowest BCUT2D eigenvalue weighted by molar-refractivity contribution is -0.139. The predicted octanol–water partition coefficient (Wildman–Crippen LogP) is 3.23. The maximum atomic E-state index is 12.5. The molecule has 24 heavy (non-hydrogen) atoms. The summed E-state index contributed by atoms with van der Waals surface area (Å²) in [6.07, 6.45) is 2.62. The summed E-state index contributed by atoms with van der Waals surface area (Å²) >= 11 is 1.59. The summed E-state index contributed by atoms with van der Waals surface area (Å²) < 4.78 is 12.5. The van der Waals surface area contributed by atoms with Gasteiger partial charge in [-0.05, 0) is 32.4 Å². The summed E-state index contributed by atoms with van der Waals surface area (Å²) in [5.41, 5.74) is 1.18. The van der Waals surface area contributed by atoms with E-state index in [9.17, 15) is 4.79 Å². The third-order valence-electron chi connectivity index (χ3n) is 3.58. The van der Waals surface area contributed by atoms with Gasteiger partial charge >= 0.3 is 5.97 Å². The lowest BCUT2D eigenvalue weighted by atomic mass is 10.0. The molecule has 3 heterocycles. The van der Waals surface area contributed by atoms with Crippen molar-refractivity contribution in [1.29, 1.82) is 0 Å². The van der Waals surface area contributed by atoms with E-state index in [1.807, 2.05) is 13.0 Å². The number of rotatable bonds is 6. The van der Waals surface area contributed by atoms with Crippen LogP contribution in [0.1, 0.15) is 39.0 Å². The highest BCUT2D eigenvalue weighted by Gasteiger charge is 2.36. The number of esters is 1. The summed E-state index contributed by atoms with van der Waals surface area (Å²) in [7, 11) is 0. The second kappa shape index (κ2) is 7.12. The summed E-state index contributed by atoms with van der Waals surface area (Å²) in [6.45, 7) is 6.03. The first-order valence-electron chi connectivity index (χ1n) is 7.93. The molecule has 3 rings (SSSR count). The fourth-order valence-electron chi connectivity index (χ4n) is 2.57. The molecule has 128 valence electrons. The Bertz CT molecular complexity index is 751. The highest BCUT2D eigenvalue weighted by Crippen LogP contribution is 2.36. The molecule has 0 amide bonds. The molecule has 1 aliphatic rings. The summed E-state index contributed by atoms with van der Waals surface area (Å²) in [5, 5.41) is 8.38. The van der Waals surface area contributed by atoms with Gasteiger partial charge in [0, 0.05) is 11.4 Å². The van der Waals surface area contributed by atoms with Crippen LogP contribution >= 0.6 is 11.8 Å². The topological polar surface area (TPSA) is 82.2 Å². The molecule has 7 nitrogen and oxygen atoms in total. The van der Waals surface area contributed by atoms with E-state index < -0.39 is 6.04 Å². The lowest BCUT2D eigenvalue weighted by Crippen LogP contribution is -2.29. The maximum Gasteiger partial charge on any atom is 0.338 e. The van der Waals surface area contributed by atoms with E-state index in [1.165, 1.54) is 0 Å². The van der Waals surface area contributed by atoms with Crippen LogP contribution in [0.5, 0.6) is 0 Å². The number of aromatic nitrogens is 3. The van der Waals surface area contributed by atoms with Crippen molar-refractivity contribution in [2.75, 3.05) is 17.7 Å². The minimum atomic E-state index is -0.487. The molecule has 1 aliphatic heterocycles. The first kappa shape index (κ1) is 16.6. The van der Waals surface area contributed by atoms with Gasteiger partial charge in [0.15, 0.2) is 0 Å². The van der Waals surface area contributed by atoms with Crippen LogP contribution in [0.3, 0.4) is 0 Å². The molecular weight excluding hydrogens is 328 g/mol. The number of carbonyl (C=O) groups is 1. The van der Waals surface area contributed by atoms with Crippen LogP contribution in [0.25, 0.3) is 0 Å². The van der Waals surface area contributed by atoms with E-state index in [4.69, 9.17) is 9.15 Å². The zero-order valence-corrected chi connectivity index (χ0v) is 14.7. The Balaban J connectivity index is 2.04. The summed E-state index contributed by atoms with van der Waals surface area (Å²) in [4.78, 5) is 17.0. The first-order valence-corrected chi connectivity index (χ1v) is 8.91. The van der Waals surface area contributed by atoms with E-state index in [0.717, 1.165) is 12.2 Å². The van der Waals surface area contributed by atoms with Crippen LogP contribution < -0.4 is 5.32 Å². The Kier molecular flexibility index (Phi) is 4.94. The van der Waals surface area contributed by atoms with Gasteiger partial charge in [0.05, 0.1) is 18.4 Å². The fourth-order valence-corrected chi connectivity index (χ4v) is 3.25. The molecular formula is C16H20N4O3S. The highest BCUT2D eigenvalue weighted by atomic mass is 32.2. The van der Waals surface area contributed by atoms with E-state index in [1.54, 1.807) is 35.7 Å². The van der Waals surface area contributed by atoms with Crippen molar-refractivity contribution in [3.05, 3.63) is 35.4 Å². The molecule has 0 radical (unpaired) electrons. The number of carbonyl (C=O) groups excluding carboxylic acids is 1. The summed E-state index contributed by atoms with van der Waals surface area (Å²) in [6, 6.07) is 3.13. The zero-order valence-electron chi connectivity index (χ0n) is 13.9. The average molecular weight is 348 g/mol. The molecule has 1 unspecified atom stereocenters. The van der Waals surface area contributed by atoms with Crippen molar-refractivity contribution in [1.82, 2.24) is 14.8 Å². The van der Waals surface area contributed by atoms with Crippen LogP contribution in [0.2, 0.25) is 0 Å². The van der Waals surface area contributed by atoms with E-state index >= 15 is 0 Å². The smallest absolute Gasteiger partial charge is 0.338 e. The van der Waals surface area contributed by atoms with Gasteiger partial charge < -0.3 is 14.5 Å². The number of fused-ring (bicyclic) bond motifs is 1. The van der Waals surface area contributed by atoms with Gasteiger partial charge in [-0.2, -0.15) is 4.98 Å². The number of ether oxygens (including phenoxy) is 1. The number of nitrogens with zero attached hydrogens (tertiary/aromatic N) is 3. The van der Waals surface area contributed by atoms with E-state index in [0.29, 0.717) is 34.7 Å². The molecule has 2 aromatic rings. The van der Waals surface area contributed by atoms with Crippen LogP contribution in [-0.4, -0.2) is 33.1 Å². The van der Waals surface area contributed by atoms with Crippen LogP contribution in [0.15, 0.2) is 39.2 Å². The van der Waals surface area contributed by atoms with Gasteiger partial charge in [0.1, 0.15) is 11.8 Å². The number of furan rings is 1. The normalized spacial score (nSPS) is 16.7. The molecule has 1 N–H and O–H groups in total. The number of thioether (sulfide) groups is 1. The zero-order chi connectivity index (χ0) is 17.1. The third-order valence-corrected chi connectivity index (χ3v) is 4.62. The molecule has 0 aliphatic carbocycles. The van der Waals surface area contributed by atoms with Crippen LogP contribution in [0.4, 0.5) is 5.95 Å². The van der Waals surface area contributed by atoms with E-state index in [-0.39, 0.29) is 5.97 Å². The second-order valence-corrected chi connectivity index (χ2v) is 6.38. The number of hydrogen-bond donors (Lipinski definition) is 1. The minimum Gasteiger partial charge on any atom is -0.467 e. The van der Waals surface area contributed by atoms with Crippen molar-refractivity contribution in [3.63, 3.8) is 0 Å². The predicted molar refractivity (Wildman–Crippen MR) is 90.8 cm³/mol. The molecule has 0 fully saturated rings. The number of anilines is 1. The SMILES string of the molecule is CCCSc1nc2n(n1)C(c1ccco1)C(C(=O)OCC)=C(C)N2. The highest BCUT2D eigenvalue weighted by molar-refractivity contribution is 7.99. The maximum absolute atomic E-state index is 12.5. The average Bonchev–Trinajstić information content (AvgIpc) is 3.20. The van der Waals surface area contributed by atoms with Crippen molar-refractivity contribution >= 4 is 23.7 Å². The van der Waals surface area contributed by atoms with Crippen LogP contribution in [0, 0.1) is 0 Å². The molecule has 1 atom stereocenters. The number of allylic oxidation sites excluding steroid dienone is 1. The Labute approximate surface area is 144 Å². The van der Waals surface area contributed by atoms with Crippen molar-refractivity contribution in [3.8, 4) is 0 Å². The third kappa shape index (κ3) is 3.06. The van der Waals surface area contributed by atoms with Crippen molar-refractivity contribution in [2.45, 2.75) is 38.4 Å². The molecule has 0 aromatic carbocycles. The van der Waals surface area contributed by atoms with Gasteiger partial charge in [0.25, 0.3) is 0 Å². The Morgan fingerprint density at radius 1 is 1.50 bits per heavy atom. The monoisotopic (exact) mass is 348 g/mol. The minimum absolute atomic E-state index is 0.308. The molecule has 8 heteroatoms. The Morgan fingerprint density at radius 3 is 3.00 bits per heavy atom. The van der Waals surface area contributed by atoms with Crippen LogP contribution in [-0.2, 0) is 9.53 Å².